The van der Waals surface area contributed by atoms with Crippen LogP contribution in [-0.4, -0.2) is 40.1 Å². The Morgan fingerprint density at radius 1 is 1.45 bits per heavy atom. The fourth-order valence-electron chi connectivity index (χ4n) is 2.18. The van der Waals surface area contributed by atoms with E-state index in [0.29, 0.717) is 13.0 Å². The lowest BCUT2D eigenvalue weighted by molar-refractivity contribution is -0.137. The van der Waals surface area contributed by atoms with Gasteiger partial charge in [-0.15, -0.1) is 0 Å². The third kappa shape index (κ3) is 6.11. The summed E-state index contributed by atoms with van der Waals surface area (Å²) in [6, 6.07) is 1.30. The molecule has 0 bridgehead atoms. The van der Waals surface area contributed by atoms with Gasteiger partial charge in [0.25, 0.3) is 0 Å². The molecule has 2 amide bonds. The average Bonchev–Trinajstić information content (AvgIpc) is 2.46. The van der Waals surface area contributed by atoms with Crippen LogP contribution in [-0.2, 0) is 11.3 Å². The summed E-state index contributed by atoms with van der Waals surface area (Å²) < 4.78 is 0. The van der Waals surface area contributed by atoms with E-state index in [-0.39, 0.29) is 18.5 Å². The first-order valence-electron chi connectivity index (χ1n) is 7.57. The number of nitrogens with zero attached hydrogens (tertiary/aromatic N) is 2. The van der Waals surface area contributed by atoms with E-state index in [1.54, 1.807) is 24.3 Å². The molecule has 6 heteroatoms. The van der Waals surface area contributed by atoms with Gasteiger partial charge in [0.05, 0.1) is 6.42 Å². The predicted octanol–water partition coefficient (Wildman–Crippen LogP) is 2.56. The fraction of sp³-hybridized carbons (Fsp3) is 0.562. The minimum atomic E-state index is -0.894. The SMILES string of the molecule is CCCC[C@@H](CC(=O)O)NC(=O)N(C)Cc1ccncc1C. The summed E-state index contributed by atoms with van der Waals surface area (Å²) in [6.07, 6.45) is 5.95. The molecular formula is C16H25N3O3. The number of unbranched alkanes of at least 4 members (excludes halogenated alkanes) is 1. The van der Waals surface area contributed by atoms with E-state index in [9.17, 15) is 9.59 Å². The highest BCUT2D eigenvalue weighted by Gasteiger charge is 2.18. The molecule has 0 unspecified atom stereocenters. The fourth-order valence-corrected chi connectivity index (χ4v) is 2.18. The lowest BCUT2D eigenvalue weighted by Crippen LogP contribution is -2.43. The number of pyridine rings is 1. The molecule has 6 nitrogen and oxygen atoms in total. The van der Waals surface area contributed by atoms with E-state index in [4.69, 9.17) is 5.11 Å². The van der Waals surface area contributed by atoms with Gasteiger partial charge >= 0.3 is 12.0 Å². The lowest BCUT2D eigenvalue weighted by atomic mass is 10.1. The van der Waals surface area contributed by atoms with Crippen LogP contribution < -0.4 is 5.32 Å². The maximum absolute atomic E-state index is 12.2. The number of carbonyl (C=O) groups excluding carboxylic acids is 1. The molecule has 1 atom stereocenters. The molecule has 0 fully saturated rings. The van der Waals surface area contributed by atoms with Crippen molar-refractivity contribution in [3.8, 4) is 0 Å². The smallest absolute Gasteiger partial charge is 0.317 e. The van der Waals surface area contributed by atoms with Crippen LogP contribution in [0.1, 0.15) is 43.7 Å². The Morgan fingerprint density at radius 2 is 2.18 bits per heavy atom. The molecule has 122 valence electrons. The molecule has 0 aromatic carbocycles. The van der Waals surface area contributed by atoms with Gasteiger partial charge in [-0.2, -0.15) is 0 Å². The van der Waals surface area contributed by atoms with Gasteiger partial charge in [-0.25, -0.2) is 4.79 Å². The second-order valence-corrected chi connectivity index (χ2v) is 5.54. The molecular weight excluding hydrogens is 282 g/mol. The van der Waals surface area contributed by atoms with Crippen molar-refractivity contribution < 1.29 is 14.7 Å². The number of aliphatic carboxylic acids is 1. The van der Waals surface area contributed by atoms with Crippen LogP contribution in [0.25, 0.3) is 0 Å². The molecule has 1 aromatic rings. The normalized spacial score (nSPS) is 11.8. The van der Waals surface area contributed by atoms with Gasteiger partial charge in [-0.1, -0.05) is 19.8 Å². The van der Waals surface area contributed by atoms with Gasteiger partial charge in [0.1, 0.15) is 0 Å². The molecule has 0 radical (unpaired) electrons. The maximum atomic E-state index is 12.2. The summed E-state index contributed by atoms with van der Waals surface area (Å²) in [5.41, 5.74) is 2.05. The van der Waals surface area contributed by atoms with Crippen LogP contribution in [0.3, 0.4) is 0 Å². The molecule has 1 rings (SSSR count). The topological polar surface area (TPSA) is 82.5 Å². The van der Waals surface area contributed by atoms with E-state index in [2.05, 4.69) is 10.3 Å². The minimum absolute atomic E-state index is 0.0478. The Balaban J connectivity index is 2.60. The number of carbonyl (C=O) groups is 2. The molecule has 0 aliphatic rings. The summed E-state index contributed by atoms with van der Waals surface area (Å²) in [6.45, 7) is 4.45. The largest absolute Gasteiger partial charge is 0.481 e. The number of rotatable bonds is 8. The summed E-state index contributed by atoms with van der Waals surface area (Å²) in [7, 11) is 1.70. The second-order valence-electron chi connectivity index (χ2n) is 5.54. The van der Waals surface area contributed by atoms with Crippen LogP contribution in [0.4, 0.5) is 4.79 Å². The number of amides is 2. The molecule has 0 saturated carbocycles. The van der Waals surface area contributed by atoms with Gasteiger partial charge in [0.2, 0.25) is 0 Å². The molecule has 0 saturated heterocycles. The number of hydrogen-bond donors (Lipinski definition) is 2. The molecule has 0 aliphatic heterocycles. The van der Waals surface area contributed by atoms with Crippen molar-refractivity contribution in [2.45, 2.75) is 52.1 Å². The summed E-state index contributed by atoms with van der Waals surface area (Å²) in [5, 5.41) is 11.7. The molecule has 0 spiro atoms. The molecule has 2 N–H and O–H groups in total. The number of nitrogens with one attached hydrogen (secondary N) is 1. The van der Waals surface area contributed by atoms with E-state index in [0.717, 1.165) is 24.0 Å². The van der Waals surface area contributed by atoms with Gasteiger partial charge in [0, 0.05) is 32.0 Å². The van der Waals surface area contributed by atoms with Crippen molar-refractivity contribution in [3.05, 3.63) is 29.6 Å². The van der Waals surface area contributed by atoms with Gasteiger partial charge < -0.3 is 15.3 Å². The van der Waals surface area contributed by atoms with E-state index in [1.807, 2.05) is 19.9 Å². The van der Waals surface area contributed by atoms with E-state index < -0.39 is 5.97 Å². The van der Waals surface area contributed by atoms with Crippen LogP contribution >= 0.6 is 0 Å². The Hall–Kier alpha value is -2.11. The van der Waals surface area contributed by atoms with Crippen molar-refractivity contribution in [1.82, 2.24) is 15.2 Å². The number of carboxylic acid groups (broad SMARTS) is 1. The summed E-state index contributed by atoms with van der Waals surface area (Å²) in [5.74, 6) is -0.894. The zero-order valence-corrected chi connectivity index (χ0v) is 13.5. The standard InChI is InChI=1S/C16H25N3O3/c1-4-5-6-14(9-15(20)21)18-16(22)19(3)11-13-7-8-17-10-12(13)2/h7-8,10,14H,4-6,9,11H2,1-3H3,(H,18,22)(H,20,21)/t14-/m0/s1. The second kappa shape index (κ2) is 9.02. The Morgan fingerprint density at radius 3 is 2.77 bits per heavy atom. The number of aryl methyl sites for hydroxylation is 1. The molecule has 1 aromatic heterocycles. The molecule has 22 heavy (non-hydrogen) atoms. The Labute approximate surface area is 131 Å². The van der Waals surface area contributed by atoms with Crippen molar-refractivity contribution in [2.75, 3.05) is 7.05 Å². The van der Waals surface area contributed by atoms with Crippen LogP contribution in [0, 0.1) is 6.92 Å². The quantitative estimate of drug-likeness (QED) is 0.773. The van der Waals surface area contributed by atoms with Crippen molar-refractivity contribution >= 4 is 12.0 Å². The van der Waals surface area contributed by atoms with Crippen LogP contribution in [0.15, 0.2) is 18.5 Å². The van der Waals surface area contributed by atoms with Crippen molar-refractivity contribution in [3.63, 3.8) is 0 Å². The zero-order chi connectivity index (χ0) is 16.5. The van der Waals surface area contributed by atoms with Gasteiger partial charge in [0.15, 0.2) is 0 Å². The third-order valence-corrected chi connectivity index (χ3v) is 3.55. The van der Waals surface area contributed by atoms with Crippen LogP contribution in [0.5, 0.6) is 0 Å². The lowest BCUT2D eigenvalue weighted by Gasteiger charge is -2.23. The number of hydrogen-bond acceptors (Lipinski definition) is 3. The highest BCUT2D eigenvalue weighted by molar-refractivity contribution is 5.75. The minimum Gasteiger partial charge on any atom is -0.481 e. The first-order valence-corrected chi connectivity index (χ1v) is 7.57. The highest BCUT2D eigenvalue weighted by Crippen LogP contribution is 2.09. The van der Waals surface area contributed by atoms with Gasteiger partial charge in [-0.3, -0.25) is 9.78 Å². The van der Waals surface area contributed by atoms with E-state index >= 15 is 0 Å². The van der Waals surface area contributed by atoms with Gasteiger partial charge in [-0.05, 0) is 30.5 Å². The summed E-state index contributed by atoms with van der Waals surface area (Å²) in [4.78, 5) is 28.7. The Kier molecular flexibility index (Phi) is 7.36. The number of aromatic nitrogens is 1. The first kappa shape index (κ1) is 17.9. The maximum Gasteiger partial charge on any atom is 0.317 e. The van der Waals surface area contributed by atoms with Crippen LogP contribution in [0.2, 0.25) is 0 Å². The number of urea groups is 1. The highest BCUT2D eigenvalue weighted by atomic mass is 16.4. The molecule has 0 aliphatic carbocycles. The van der Waals surface area contributed by atoms with E-state index in [1.165, 1.54) is 0 Å². The third-order valence-electron chi connectivity index (χ3n) is 3.55. The first-order chi connectivity index (χ1) is 10.4. The Bertz CT molecular complexity index is 505. The monoisotopic (exact) mass is 307 g/mol. The van der Waals surface area contributed by atoms with Crippen molar-refractivity contribution in [1.29, 1.82) is 0 Å². The van der Waals surface area contributed by atoms with Crippen molar-refractivity contribution in [2.24, 2.45) is 0 Å². The molecule has 1 heterocycles. The predicted molar refractivity (Wildman–Crippen MR) is 84.5 cm³/mol. The number of carboxylic acids is 1. The average molecular weight is 307 g/mol. The summed E-state index contributed by atoms with van der Waals surface area (Å²) >= 11 is 0. The zero-order valence-electron chi connectivity index (χ0n) is 13.5.